The molecule has 0 atom stereocenters. The van der Waals surface area contributed by atoms with Crippen molar-refractivity contribution in [2.24, 2.45) is 0 Å². The zero-order valence-corrected chi connectivity index (χ0v) is 8.96. The van der Waals surface area contributed by atoms with Crippen LogP contribution in [0.3, 0.4) is 0 Å². The maximum Gasteiger partial charge on any atom is 0.0659 e. The average Bonchev–Trinajstić information content (AvgIpc) is 2.70. The molecule has 0 amide bonds. The number of hydrogen-bond acceptors (Lipinski definition) is 1. The number of nitrogens with one attached hydrogen (secondary N) is 2. The summed E-state index contributed by atoms with van der Waals surface area (Å²) in [6, 6.07) is 8.06. The fourth-order valence-corrected chi connectivity index (χ4v) is 1.64. The van der Waals surface area contributed by atoms with E-state index in [9.17, 15) is 0 Å². The molecule has 1 aromatic heterocycles. The van der Waals surface area contributed by atoms with Crippen LogP contribution in [0.4, 0.5) is 0 Å². The summed E-state index contributed by atoms with van der Waals surface area (Å²) >= 11 is 0. The minimum absolute atomic E-state index is 0.593. The van der Waals surface area contributed by atoms with Crippen molar-refractivity contribution >= 4 is 16.6 Å². The summed E-state index contributed by atoms with van der Waals surface area (Å²) in [6.07, 6.45) is 3.87. The number of allylic oxidation sites excluding steroid dienone is 2. The Bertz CT molecular complexity index is 532. The Labute approximate surface area is 89.1 Å². The van der Waals surface area contributed by atoms with E-state index in [0.29, 0.717) is 5.71 Å². The molecular weight excluding hydrogens is 184 g/mol. The fourth-order valence-electron chi connectivity index (χ4n) is 1.64. The number of rotatable bonds is 2. The number of H-pyrrole nitrogens is 1. The zero-order chi connectivity index (χ0) is 10.8. The van der Waals surface area contributed by atoms with Gasteiger partial charge in [-0.1, -0.05) is 24.3 Å². The van der Waals surface area contributed by atoms with Crippen LogP contribution in [0.15, 0.2) is 42.1 Å². The third-order valence-electron chi connectivity index (χ3n) is 2.69. The lowest BCUT2D eigenvalue weighted by Gasteiger charge is -2.01. The van der Waals surface area contributed by atoms with Crippen molar-refractivity contribution in [2.45, 2.75) is 13.8 Å². The molecule has 0 aliphatic carbocycles. The Balaban J connectivity index is 2.58. The van der Waals surface area contributed by atoms with Gasteiger partial charge in [0.05, 0.1) is 5.71 Å². The van der Waals surface area contributed by atoms with Crippen molar-refractivity contribution < 1.29 is 0 Å². The number of fused-ring (bicyclic) bond motifs is 1. The second-order valence-electron chi connectivity index (χ2n) is 3.59. The number of para-hydroxylation sites is 1. The van der Waals surface area contributed by atoms with E-state index in [0.717, 1.165) is 22.0 Å². The molecule has 2 N–H and O–H groups in total. The van der Waals surface area contributed by atoms with Crippen LogP contribution in [-0.2, 0) is 0 Å². The molecule has 2 nitrogen and oxygen atoms in total. The van der Waals surface area contributed by atoms with Gasteiger partial charge in [-0.05, 0) is 25.5 Å². The molecule has 0 saturated carbocycles. The maximum atomic E-state index is 8.05. The van der Waals surface area contributed by atoms with E-state index in [1.807, 2.05) is 50.4 Å². The summed E-state index contributed by atoms with van der Waals surface area (Å²) in [7, 11) is 0. The lowest BCUT2D eigenvalue weighted by molar-refractivity contribution is 1.40. The first-order valence-corrected chi connectivity index (χ1v) is 5.02. The smallest absolute Gasteiger partial charge is 0.0659 e. The Morgan fingerprint density at radius 1 is 1.33 bits per heavy atom. The van der Waals surface area contributed by atoms with Gasteiger partial charge in [0.1, 0.15) is 0 Å². The Morgan fingerprint density at radius 3 is 2.80 bits per heavy atom. The van der Waals surface area contributed by atoms with Crippen LogP contribution in [0.1, 0.15) is 19.4 Å². The van der Waals surface area contributed by atoms with Crippen LogP contribution in [0.2, 0.25) is 0 Å². The van der Waals surface area contributed by atoms with E-state index < -0.39 is 0 Å². The van der Waals surface area contributed by atoms with Crippen LogP contribution in [0.25, 0.3) is 10.9 Å². The second kappa shape index (κ2) is 3.73. The first kappa shape index (κ1) is 9.71. The van der Waals surface area contributed by atoms with Gasteiger partial charge < -0.3 is 4.98 Å². The normalized spacial score (nSPS) is 12.0. The van der Waals surface area contributed by atoms with Crippen molar-refractivity contribution in [1.29, 1.82) is 5.41 Å². The van der Waals surface area contributed by atoms with Gasteiger partial charge in [0.2, 0.25) is 0 Å². The average molecular weight is 198 g/mol. The summed E-state index contributed by atoms with van der Waals surface area (Å²) in [6.45, 7) is 3.92. The number of hydrogen-bond donors (Lipinski definition) is 2. The molecule has 2 aromatic rings. The molecular formula is C13H14N2. The highest BCUT2D eigenvalue weighted by atomic mass is 14.7. The van der Waals surface area contributed by atoms with Crippen molar-refractivity contribution in [3.05, 3.63) is 47.7 Å². The molecule has 0 fully saturated rings. The van der Waals surface area contributed by atoms with Crippen molar-refractivity contribution in [3.8, 4) is 0 Å². The largest absolute Gasteiger partial charge is 0.360 e. The van der Waals surface area contributed by atoms with Gasteiger partial charge in [0, 0.05) is 22.7 Å². The van der Waals surface area contributed by atoms with Crippen LogP contribution in [0.5, 0.6) is 0 Å². The molecule has 1 heterocycles. The molecule has 2 rings (SSSR count). The molecule has 0 aliphatic rings. The third-order valence-corrected chi connectivity index (χ3v) is 2.69. The quantitative estimate of drug-likeness (QED) is 0.693. The van der Waals surface area contributed by atoms with Crippen molar-refractivity contribution in [2.75, 3.05) is 0 Å². The molecule has 1 aromatic carbocycles. The van der Waals surface area contributed by atoms with Gasteiger partial charge in [-0.3, -0.25) is 5.41 Å². The van der Waals surface area contributed by atoms with Crippen LogP contribution in [-0.4, -0.2) is 10.7 Å². The van der Waals surface area contributed by atoms with Gasteiger partial charge in [0.15, 0.2) is 0 Å². The minimum atomic E-state index is 0.593. The maximum absolute atomic E-state index is 8.05. The van der Waals surface area contributed by atoms with E-state index in [-0.39, 0.29) is 0 Å². The Kier molecular flexibility index (Phi) is 2.42. The van der Waals surface area contributed by atoms with Gasteiger partial charge in [-0.25, -0.2) is 0 Å². The molecule has 0 radical (unpaired) electrons. The van der Waals surface area contributed by atoms with Gasteiger partial charge in [-0.15, -0.1) is 0 Å². The summed E-state index contributed by atoms with van der Waals surface area (Å²) in [5.74, 6) is 0. The highest BCUT2D eigenvalue weighted by Crippen LogP contribution is 2.20. The Morgan fingerprint density at radius 2 is 2.07 bits per heavy atom. The van der Waals surface area contributed by atoms with E-state index in [4.69, 9.17) is 5.41 Å². The van der Waals surface area contributed by atoms with E-state index in [2.05, 4.69) is 4.98 Å². The van der Waals surface area contributed by atoms with Crippen LogP contribution in [0, 0.1) is 5.41 Å². The summed E-state index contributed by atoms with van der Waals surface area (Å²) in [4.78, 5) is 3.18. The topological polar surface area (TPSA) is 39.6 Å². The van der Waals surface area contributed by atoms with Crippen LogP contribution >= 0.6 is 0 Å². The molecule has 0 bridgehead atoms. The fraction of sp³-hybridized carbons (Fsp3) is 0.154. The van der Waals surface area contributed by atoms with E-state index in [1.165, 1.54) is 0 Å². The zero-order valence-electron chi connectivity index (χ0n) is 8.96. The monoisotopic (exact) mass is 198 g/mol. The summed E-state index contributed by atoms with van der Waals surface area (Å²) in [5.41, 5.74) is 3.65. The molecule has 0 unspecified atom stereocenters. The van der Waals surface area contributed by atoms with Crippen molar-refractivity contribution in [3.63, 3.8) is 0 Å². The molecule has 0 aliphatic heterocycles. The predicted molar refractivity (Wildman–Crippen MR) is 64.6 cm³/mol. The van der Waals surface area contributed by atoms with Gasteiger partial charge in [-0.2, -0.15) is 0 Å². The first-order chi connectivity index (χ1) is 7.24. The van der Waals surface area contributed by atoms with Gasteiger partial charge in [0.25, 0.3) is 0 Å². The molecule has 0 spiro atoms. The molecule has 2 heteroatoms. The number of aromatic nitrogens is 1. The van der Waals surface area contributed by atoms with E-state index >= 15 is 0 Å². The molecule has 0 saturated heterocycles. The SMILES string of the molecule is C/C=C(/C)C(=N)c1c[nH]c2ccccc12. The Hall–Kier alpha value is -1.83. The van der Waals surface area contributed by atoms with Crippen molar-refractivity contribution in [1.82, 2.24) is 4.98 Å². The lowest BCUT2D eigenvalue weighted by Crippen LogP contribution is -1.98. The number of benzene rings is 1. The summed E-state index contributed by atoms with van der Waals surface area (Å²) in [5, 5.41) is 9.16. The highest BCUT2D eigenvalue weighted by molar-refractivity contribution is 6.17. The molecule has 15 heavy (non-hydrogen) atoms. The van der Waals surface area contributed by atoms with Gasteiger partial charge >= 0.3 is 0 Å². The molecule has 76 valence electrons. The van der Waals surface area contributed by atoms with E-state index in [1.54, 1.807) is 0 Å². The van der Waals surface area contributed by atoms with Crippen LogP contribution < -0.4 is 0 Å². The third kappa shape index (κ3) is 1.59. The summed E-state index contributed by atoms with van der Waals surface area (Å²) < 4.78 is 0. The minimum Gasteiger partial charge on any atom is -0.360 e. The predicted octanol–water partition coefficient (Wildman–Crippen LogP) is 3.50. The second-order valence-corrected chi connectivity index (χ2v) is 3.59. The first-order valence-electron chi connectivity index (χ1n) is 5.02. The highest BCUT2D eigenvalue weighted by Gasteiger charge is 2.08. The number of aromatic amines is 1. The lowest BCUT2D eigenvalue weighted by atomic mass is 10.0. The standard InChI is InChI=1S/C13H14N2/c1-3-9(2)13(14)11-8-15-12-7-5-4-6-10(11)12/h3-8,14-15H,1-2H3/b9-3-,14-13?.